The van der Waals surface area contributed by atoms with Gasteiger partial charge in [0, 0.05) is 13.2 Å². The Kier molecular flexibility index (Phi) is 3.10. The van der Waals surface area contributed by atoms with Crippen molar-refractivity contribution in [3.05, 3.63) is 54.1 Å². The lowest BCUT2D eigenvalue weighted by Crippen LogP contribution is -2.06. The molecule has 20 heavy (non-hydrogen) atoms. The maximum absolute atomic E-state index is 12.9. The highest BCUT2D eigenvalue weighted by Gasteiger charge is 2.13. The van der Waals surface area contributed by atoms with Crippen molar-refractivity contribution >= 4 is 11.0 Å². The van der Waals surface area contributed by atoms with Gasteiger partial charge in [-0.1, -0.05) is 12.1 Å². The second-order valence-corrected chi connectivity index (χ2v) is 4.63. The topological polar surface area (TPSA) is 39.9 Å². The molecule has 0 saturated heterocycles. The molecule has 0 bridgehead atoms. The molecule has 2 heterocycles. The van der Waals surface area contributed by atoms with E-state index in [1.54, 1.807) is 24.5 Å². The summed E-state index contributed by atoms with van der Waals surface area (Å²) in [4.78, 5) is 8.44. The van der Waals surface area contributed by atoms with Gasteiger partial charge in [-0.3, -0.25) is 9.55 Å². The van der Waals surface area contributed by atoms with Gasteiger partial charge in [-0.2, -0.15) is 4.98 Å². The van der Waals surface area contributed by atoms with E-state index < -0.39 is 0 Å². The molecule has 3 rings (SSSR count). The maximum atomic E-state index is 12.9. The van der Waals surface area contributed by atoms with Crippen molar-refractivity contribution in [1.29, 1.82) is 0 Å². The molecule has 0 fully saturated rings. The average molecular weight is 271 g/mol. The van der Waals surface area contributed by atoms with Gasteiger partial charge in [-0.25, -0.2) is 4.39 Å². The second kappa shape index (κ2) is 4.92. The number of aryl methyl sites for hydroxylation is 1. The van der Waals surface area contributed by atoms with Crippen molar-refractivity contribution in [3.63, 3.8) is 0 Å². The Bertz CT molecular complexity index is 736. The standard InChI is InChI=1S/C15H14FN3O/c1-10(11-3-5-12(16)6-4-11)20-15-18-13-9-17-8-7-14(13)19(15)2/h3-10H,1-2H3. The van der Waals surface area contributed by atoms with Crippen LogP contribution in [0.25, 0.3) is 11.0 Å². The Balaban J connectivity index is 1.89. The number of imidazole rings is 1. The highest BCUT2D eigenvalue weighted by atomic mass is 19.1. The zero-order chi connectivity index (χ0) is 14.1. The van der Waals surface area contributed by atoms with E-state index in [0.29, 0.717) is 6.01 Å². The Morgan fingerprint density at radius 2 is 1.95 bits per heavy atom. The van der Waals surface area contributed by atoms with E-state index in [2.05, 4.69) is 9.97 Å². The van der Waals surface area contributed by atoms with E-state index >= 15 is 0 Å². The summed E-state index contributed by atoms with van der Waals surface area (Å²) in [5.74, 6) is -0.255. The first-order valence-corrected chi connectivity index (χ1v) is 6.33. The molecule has 102 valence electrons. The van der Waals surface area contributed by atoms with Gasteiger partial charge in [0.1, 0.15) is 17.4 Å². The number of fused-ring (bicyclic) bond motifs is 1. The molecule has 3 aromatic rings. The number of rotatable bonds is 3. The minimum Gasteiger partial charge on any atom is -0.457 e. The molecule has 2 aromatic heterocycles. The van der Waals surface area contributed by atoms with E-state index in [1.807, 2.05) is 24.6 Å². The van der Waals surface area contributed by atoms with Crippen LogP contribution in [0.5, 0.6) is 6.01 Å². The van der Waals surface area contributed by atoms with Crippen LogP contribution < -0.4 is 4.74 Å². The third kappa shape index (κ3) is 2.22. The van der Waals surface area contributed by atoms with Crippen LogP contribution in [0, 0.1) is 5.82 Å². The summed E-state index contributed by atoms with van der Waals surface area (Å²) < 4.78 is 20.6. The van der Waals surface area contributed by atoms with Crippen LogP contribution in [0.3, 0.4) is 0 Å². The quantitative estimate of drug-likeness (QED) is 0.734. The number of benzene rings is 1. The first-order valence-electron chi connectivity index (χ1n) is 6.33. The van der Waals surface area contributed by atoms with Crippen LogP contribution in [-0.4, -0.2) is 14.5 Å². The zero-order valence-electron chi connectivity index (χ0n) is 11.2. The van der Waals surface area contributed by atoms with Crippen LogP contribution in [0.1, 0.15) is 18.6 Å². The van der Waals surface area contributed by atoms with E-state index in [4.69, 9.17) is 4.74 Å². The molecule has 0 amide bonds. The fourth-order valence-electron chi connectivity index (χ4n) is 2.10. The molecular weight excluding hydrogens is 257 g/mol. The number of nitrogens with zero attached hydrogens (tertiary/aromatic N) is 3. The van der Waals surface area contributed by atoms with Crippen molar-refractivity contribution in [2.45, 2.75) is 13.0 Å². The summed E-state index contributed by atoms with van der Waals surface area (Å²) in [5, 5.41) is 0. The summed E-state index contributed by atoms with van der Waals surface area (Å²) in [6, 6.07) is 8.68. The van der Waals surface area contributed by atoms with Gasteiger partial charge in [-0.05, 0) is 30.7 Å². The third-order valence-corrected chi connectivity index (χ3v) is 3.26. The number of hydrogen-bond acceptors (Lipinski definition) is 3. The highest BCUT2D eigenvalue weighted by molar-refractivity contribution is 5.75. The Hall–Kier alpha value is -2.43. The lowest BCUT2D eigenvalue weighted by Gasteiger charge is -2.14. The fraction of sp³-hybridized carbons (Fsp3) is 0.200. The molecule has 0 spiro atoms. The van der Waals surface area contributed by atoms with Crippen LogP contribution in [0.2, 0.25) is 0 Å². The van der Waals surface area contributed by atoms with Crippen molar-refractivity contribution in [2.24, 2.45) is 7.05 Å². The average Bonchev–Trinajstić information content (AvgIpc) is 2.77. The van der Waals surface area contributed by atoms with Crippen LogP contribution >= 0.6 is 0 Å². The monoisotopic (exact) mass is 271 g/mol. The fourth-order valence-corrected chi connectivity index (χ4v) is 2.10. The summed E-state index contributed by atoms with van der Waals surface area (Å²) in [6.45, 7) is 1.91. The molecule has 0 saturated carbocycles. The molecule has 5 heteroatoms. The molecule has 0 radical (unpaired) electrons. The van der Waals surface area contributed by atoms with Gasteiger partial charge in [-0.15, -0.1) is 0 Å². The molecule has 1 aromatic carbocycles. The third-order valence-electron chi connectivity index (χ3n) is 3.26. The molecular formula is C15H14FN3O. The van der Waals surface area contributed by atoms with E-state index in [9.17, 15) is 4.39 Å². The molecule has 1 unspecified atom stereocenters. The van der Waals surface area contributed by atoms with Gasteiger partial charge in [0.25, 0.3) is 6.01 Å². The maximum Gasteiger partial charge on any atom is 0.297 e. The number of halogens is 1. The zero-order valence-corrected chi connectivity index (χ0v) is 11.2. The summed E-state index contributed by atoms with van der Waals surface area (Å²) in [6.07, 6.45) is 3.21. The second-order valence-electron chi connectivity index (χ2n) is 4.63. The number of aromatic nitrogens is 3. The summed E-state index contributed by atoms with van der Waals surface area (Å²) >= 11 is 0. The van der Waals surface area contributed by atoms with Crippen LogP contribution in [0.15, 0.2) is 42.7 Å². The smallest absolute Gasteiger partial charge is 0.297 e. The minimum atomic E-state index is -0.255. The SMILES string of the molecule is CC(Oc1nc2cnccc2n1C)c1ccc(F)cc1. The van der Waals surface area contributed by atoms with Crippen molar-refractivity contribution < 1.29 is 9.13 Å². The summed E-state index contributed by atoms with van der Waals surface area (Å²) in [5.41, 5.74) is 2.65. The number of hydrogen-bond donors (Lipinski definition) is 0. The Morgan fingerprint density at radius 3 is 2.65 bits per heavy atom. The number of pyridine rings is 1. The van der Waals surface area contributed by atoms with E-state index in [1.165, 1.54) is 12.1 Å². The molecule has 4 nitrogen and oxygen atoms in total. The van der Waals surface area contributed by atoms with E-state index in [0.717, 1.165) is 16.6 Å². The van der Waals surface area contributed by atoms with Gasteiger partial charge >= 0.3 is 0 Å². The van der Waals surface area contributed by atoms with Gasteiger partial charge in [0.2, 0.25) is 0 Å². The number of ether oxygens (including phenoxy) is 1. The Morgan fingerprint density at radius 1 is 1.20 bits per heavy atom. The normalized spacial score (nSPS) is 12.6. The first-order chi connectivity index (χ1) is 9.65. The van der Waals surface area contributed by atoms with Gasteiger partial charge in [0.15, 0.2) is 0 Å². The molecule has 0 N–H and O–H groups in total. The van der Waals surface area contributed by atoms with Crippen LogP contribution in [0.4, 0.5) is 4.39 Å². The van der Waals surface area contributed by atoms with Gasteiger partial charge < -0.3 is 4.74 Å². The van der Waals surface area contributed by atoms with Gasteiger partial charge in [0.05, 0.1) is 11.7 Å². The first kappa shape index (κ1) is 12.6. The molecule has 0 aliphatic carbocycles. The molecule has 0 aliphatic heterocycles. The van der Waals surface area contributed by atoms with Crippen LogP contribution in [-0.2, 0) is 7.05 Å². The lowest BCUT2D eigenvalue weighted by molar-refractivity contribution is 0.202. The minimum absolute atomic E-state index is 0.209. The predicted octanol–water partition coefficient (Wildman–Crippen LogP) is 3.25. The largest absolute Gasteiger partial charge is 0.457 e. The van der Waals surface area contributed by atoms with Crippen molar-refractivity contribution in [1.82, 2.24) is 14.5 Å². The predicted molar refractivity (Wildman–Crippen MR) is 74.0 cm³/mol. The summed E-state index contributed by atoms with van der Waals surface area (Å²) in [7, 11) is 1.89. The Labute approximate surface area is 115 Å². The molecule has 0 aliphatic rings. The van der Waals surface area contributed by atoms with E-state index in [-0.39, 0.29) is 11.9 Å². The van der Waals surface area contributed by atoms with Crippen molar-refractivity contribution in [2.75, 3.05) is 0 Å². The molecule has 1 atom stereocenters. The highest BCUT2D eigenvalue weighted by Crippen LogP contribution is 2.24. The lowest BCUT2D eigenvalue weighted by atomic mass is 10.1. The van der Waals surface area contributed by atoms with Crippen molar-refractivity contribution in [3.8, 4) is 6.01 Å².